The van der Waals surface area contributed by atoms with Gasteiger partial charge in [-0.3, -0.25) is 4.57 Å². The number of para-hydroxylation sites is 1. The standard InChI is InChI=1S/C20H19O2P/c1-16-10-9-11-17(2)20(16)22-23(21,18-12-5-3-6-13-18)19-14-7-4-8-15-19/h3-15H,1-2H3. The highest BCUT2D eigenvalue weighted by atomic mass is 31.2. The van der Waals surface area contributed by atoms with Gasteiger partial charge in [0.05, 0.1) is 10.6 Å². The van der Waals surface area contributed by atoms with E-state index in [1.165, 1.54) is 0 Å². The summed E-state index contributed by atoms with van der Waals surface area (Å²) in [5, 5.41) is 1.41. The molecule has 0 unspecified atom stereocenters. The van der Waals surface area contributed by atoms with Crippen molar-refractivity contribution >= 4 is 18.0 Å². The van der Waals surface area contributed by atoms with Gasteiger partial charge < -0.3 is 4.52 Å². The molecule has 0 fully saturated rings. The maximum absolute atomic E-state index is 13.9. The Hall–Kier alpha value is -2.31. The summed E-state index contributed by atoms with van der Waals surface area (Å²) < 4.78 is 20.1. The molecule has 3 aromatic rings. The van der Waals surface area contributed by atoms with E-state index >= 15 is 0 Å². The maximum Gasteiger partial charge on any atom is 0.306 e. The van der Waals surface area contributed by atoms with Gasteiger partial charge in [0.15, 0.2) is 0 Å². The van der Waals surface area contributed by atoms with Crippen LogP contribution >= 0.6 is 7.37 Å². The lowest BCUT2D eigenvalue weighted by Gasteiger charge is -2.22. The van der Waals surface area contributed by atoms with E-state index in [0.717, 1.165) is 11.1 Å². The highest BCUT2D eigenvalue weighted by Crippen LogP contribution is 2.46. The van der Waals surface area contributed by atoms with Crippen LogP contribution in [0.15, 0.2) is 78.9 Å². The Morgan fingerprint density at radius 1 is 0.652 bits per heavy atom. The summed E-state index contributed by atoms with van der Waals surface area (Å²) in [6.07, 6.45) is 0. The predicted octanol–water partition coefficient (Wildman–Crippen LogP) is 4.61. The molecule has 0 aromatic heterocycles. The lowest BCUT2D eigenvalue weighted by molar-refractivity contribution is 0.499. The highest BCUT2D eigenvalue weighted by molar-refractivity contribution is 7.74. The predicted molar refractivity (Wildman–Crippen MR) is 96.3 cm³/mol. The first kappa shape index (κ1) is 15.6. The third kappa shape index (κ3) is 3.09. The third-order valence-electron chi connectivity index (χ3n) is 3.82. The van der Waals surface area contributed by atoms with Crippen LogP contribution in [0.3, 0.4) is 0 Å². The van der Waals surface area contributed by atoms with E-state index in [1.54, 1.807) is 0 Å². The van der Waals surface area contributed by atoms with E-state index in [0.29, 0.717) is 16.4 Å². The van der Waals surface area contributed by atoms with Crippen molar-refractivity contribution < 1.29 is 9.09 Å². The Labute approximate surface area is 137 Å². The zero-order valence-corrected chi connectivity index (χ0v) is 14.2. The Balaban J connectivity index is 2.16. The minimum absolute atomic E-state index is 0.698. The molecule has 23 heavy (non-hydrogen) atoms. The van der Waals surface area contributed by atoms with Crippen LogP contribution in [-0.4, -0.2) is 0 Å². The van der Waals surface area contributed by atoms with Crippen molar-refractivity contribution in [2.45, 2.75) is 13.8 Å². The molecule has 3 rings (SSSR count). The quantitative estimate of drug-likeness (QED) is 0.656. The molecule has 0 saturated carbocycles. The molecule has 116 valence electrons. The number of hydrogen-bond donors (Lipinski definition) is 0. The molecule has 3 heteroatoms. The van der Waals surface area contributed by atoms with Crippen LogP contribution in [0, 0.1) is 13.8 Å². The van der Waals surface area contributed by atoms with E-state index in [2.05, 4.69) is 0 Å². The Kier molecular flexibility index (Phi) is 4.36. The molecule has 2 nitrogen and oxygen atoms in total. The lowest BCUT2D eigenvalue weighted by atomic mass is 10.1. The Bertz CT molecular complexity index is 778. The van der Waals surface area contributed by atoms with Crippen LogP contribution in [0.2, 0.25) is 0 Å². The molecule has 0 aliphatic rings. The van der Waals surface area contributed by atoms with Gasteiger partial charge in [-0.15, -0.1) is 0 Å². The minimum atomic E-state index is -3.20. The second-order valence-electron chi connectivity index (χ2n) is 5.53. The molecule has 0 radical (unpaired) electrons. The topological polar surface area (TPSA) is 26.3 Å². The smallest absolute Gasteiger partial charge is 0.306 e. The van der Waals surface area contributed by atoms with Crippen molar-refractivity contribution in [3.05, 3.63) is 90.0 Å². The number of rotatable bonds is 4. The molecule has 0 spiro atoms. The molecule has 0 heterocycles. The van der Waals surface area contributed by atoms with Gasteiger partial charge in [0.2, 0.25) is 0 Å². The molecular formula is C20H19O2P. The number of hydrogen-bond acceptors (Lipinski definition) is 2. The van der Waals surface area contributed by atoms with Crippen molar-refractivity contribution in [1.82, 2.24) is 0 Å². The SMILES string of the molecule is Cc1cccc(C)c1OP(=O)(c1ccccc1)c1ccccc1. The first-order valence-corrected chi connectivity index (χ1v) is 9.21. The highest BCUT2D eigenvalue weighted by Gasteiger charge is 2.30. The van der Waals surface area contributed by atoms with Crippen LogP contribution < -0.4 is 15.1 Å². The monoisotopic (exact) mass is 322 g/mol. The summed E-state index contributed by atoms with van der Waals surface area (Å²) >= 11 is 0. The summed E-state index contributed by atoms with van der Waals surface area (Å²) in [4.78, 5) is 0. The van der Waals surface area contributed by atoms with Crippen molar-refractivity contribution in [2.75, 3.05) is 0 Å². The van der Waals surface area contributed by atoms with E-state index < -0.39 is 7.37 Å². The number of aryl methyl sites for hydroxylation is 2. The summed E-state index contributed by atoms with van der Waals surface area (Å²) in [5.41, 5.74) is 1.97. The molecule has 0 amide bonds. The second kappa shape index (κ2) is 6.44. The molecular weight excluding hydrogens is 303 g/mol. The fraction of sp³-hybridized carbons (Fsp3) is 0.100. The van der Waals surface area contributed by atoms with Crippen LogP contribution in [0.5, 0.6) is 5.75 Å². The average molecular weight is 322 g/mol. The fourth-order valence-corrected chi connectivity index (χ4v) is 4.76. The second-order valence-corrected chi connectivity index (χ2v) is 7.85. The van der Waals surface area contributed by atoms with Crippen LogP contribution in [0.25, 0.3) is 0 Å². The zero-order chi connectivity index (χ0) is 16.3. The zero-order valence-electron chi connectivity index (χ0n) is 13.3. The molecule has 0 N–H and O–H groups in total. The van der Waals surface area contributed by atoms with Crippen molar-refractivity contribution in [1.29, 1.82) is 0 Å². The van der Waals surface area contributed by atoms with Gasteiger partial charge in [0.25, 0.3) is 0 Å². The van der Waals surface area contributed by atoms with Crippen molar-refractivity contribution in [3.63, 3.8) is 0 Å². The molecule has 0 bridgehead atoms. The van der Waals surface area contributed by atoms with Crippen molar-refractivity contribution in [2.24, 2.45) is 0 Å². The van der Waals surface area contributed by atoms with Gasteiger partial charge in [-0.2, -0.15) is 0 Å². The van der Waals surface area contributed by atoms with E-state index in [-0.39, 0.29) is 0 Å². The van der Waals surface area contributed by atoms with Gasteiger partial charge >= 0.3 is 7.37 Å². The Morgan fingerprint density at radius 3 is 1.52 bits per heavy atom. The van der Waals surface area contributed by atoms with Crippen LogP contribution in [-0.2, 0) is 4.57 Å². The van der Waals surface area contributed by atoms with Gasteiger partial charge in [-0.1, -0.05) is 54.6 Å². The molecule has 0 saturated heterocycles. The van der Waals surface area contributed by atoms with Crippen LogP contribution in [0.1, 0.15) is 11.1 Å². The first-order valence-electron chi connectivity index (χ1n) is 7.58. The normalized spacial score (nSPS) is 11.2. The molecule has 3 aromatic carbocycles. The molecule has 0 atom stereocenters. The minimum Gasteiger partial charge on any atom is -0.436 e. The van der Waals surface area contributed by atoms with Gasteiger partial charge in [0.1, 0.15) is 5.75 Å². The lowest BCUT2D eigenvalue weighted by Crippen LogP contribution is -2.20. The van der Waals surface area contributed by atoms with E-state index in [9.17, 15) is 4.57 Å². The maximum atomic E-state index is 13.9. The summed E-state index contributed by atoms with van der Waals surface area (Å²) in [5.74, 6) is 0.698. The summed E-state index contributed by atoms with van der Waals surface area (Å²) in [6.45, 7) is 3.95. The fourth-order valence-electron chi connectivity index (χ4n) is 2.57. The molecule has 0 aliphatic carbocycles. The van der Waals surface area contributed by atoms with E-state index in [1.807, 2.05) is 92.7 Å². The third-order valence-corrected chi connectivity index (χ3v) is 6.22. The number of benzene rings is 3. The summed E-state index contributed by atoms with van der Waals surface area (Å²) in [6, 6.07) is 24.8. The summed E-state index contributed by atoms with van der Waals surface area (Å²) in [7, 11) is -3.20. The van der Waals surface area contributed by atoms with E-state index in [4.69, 9.17) is 4.52 Å². The van der Waals surface area contributed by atoms with Gasteiger partial charge in [-0.05, 0) is 49.2 Å². The van der Waals surface area contributed by atoms with Gasteiger partial charge in [0, 0.05) is 0 Å². The Morgan fingerprint density at radius 2 is 1.09 bits per heavy atom. The molecule has 0 aliphatic heterocycles. The van der Waals surface area contributed by atoms with Crippen molar-refractivity contribution in [3.8, 4) is 5.75 Å². The largest absolute Gasteiger partial charge is 0.436 e. The van der Waals surface area contributed by atoms with Gasteiger partial charge in [-0.25, -0.2) is 0 Å². The van der Waals surface area contributed by atoms with Crippen LogP contribution in [0.4, 0.5) is 0 Å². The average Bonchev–Trinajstić information content (AvgIpc) is 2.60. The first-order chi connectivity index (χ1) is 11.1.